The predicted molar refractivity (Wildman–Crippen MR) is 128 cm³/mol. The second-order valence-electron chi connectivity index (χ2n) is 7.79. The Balaban J connectivity index is 0.00000289. The van der Waals surface area contributed by atoms with Crippen molar-refractivity contribution in [3.63, 3.8) is 0 Å². The normalized spacial score (nSPS) is 10.8. The summed E-state index contributed by atoms with van der Waals surface area (Å²) in [6.45, 7) is 5.15. The van der Waals surface area contributed by atoms with E-state index < -0.39 is 0 Å². The molecule has 0 radical (unpaired) electrons. The van der Waals surface area contributed by atoms with Crippen LogP contribution in [0.3, 0.4) is 0 Å². The first-order valence-electron chi connectivity index (χ1n) is 11.1. The topological polar surface area (TPSA) is 85.2 Å². The molecule has 0 aliphatic carbocycles. The lowest BCUT2D eigenvalue weighted by Gasteiger charge is -2.09. The number of aromatic amines is 1. The maximum Gasteiger partial charge on any atom is 0.205 e. The van der Waals surface area contributed by atoms with Crippen LogP contribution < -0.4 is 0 Å². The van der Waals surface area contributed by atoms with Crippen LogP contribution in [0.25, 0.3) is 22.5 Å². The molecular formula is C25H33N7. The molecule has 2 aromatic heterocycles. The van der Waals surface area contributed by atoms with E-state index in [0.717, 1.165) is 73.4 Å². The molecule has 32 heavy (non-hydrogen) atoms. The summed E-state index contributed by atoms with van der Waals surface area (Å²) in [5.41, 5.74) is 4.38. The highest BCUT2D eigenvalue weighted by Gasteiger charge is 2.12. The van der Waals surface area contributed by atoms with Gasteiger partial charge in [0.2, 0.25) is 5.82 Å². The molecule has 0 spiro atoms. The molecule has 0 saturated heterocycles. The van der Waals surface area contributed by atoms with E-state index in [2.05, 4.69) is 69.5 Å². The van der Waals surface area contributed by atoms with Crippen LogP contribution in [-0.4, -0.2) is 35.4 Å². The van der Waals surface area contributed by atoms with Crippen molar-refractivity contribution in [1.29, 1.82) is 0 Å². The molecule has 2 heterocycles. The van der Waals surface area contributed by atoms with Crippen molar-refractivity contribution in [3.8, 4) is 22.5 Å². The highest BCUT2D eigenvalue weighted by atomic mass is 15.5. The van der Waals surface area contributed by atoms with Gasteiger partial charge in [-0.15, -0.1) is 10.2 Å². The molecule has 0 saturated carbocycles. The molecule has 0 atom stereocenters. The Morgan fingerprint density at radius 3 is 2.28 bits per heavy atom. The summed E-state index contributed by atoms with van der Waals surface area (Å²) >= 11 is 0. The lowest BCUT2D eigenvalue weighted by molar-refractivity contribution is 0.612. The lowest BCUT2D eigenvalue weighted by atomic mass is 9.98. The Labute approximate surface area is 190 Å². The third kappa shape index (κ3) is 5.46. The first-order valence-corrected chi connectivity index (χ1v) is 11.1. The SMILES string of the molecule is C.CCCCc1nc(CCCC)n(Cc2ccc(-c3ccccc3-c3nn[nH]n3)cc2)n1. The van der Waals surface area contributed by atoms with Crippen LogP contribution in [0.5, 0.6) is 0 Å². The second-order valence-corrected chi connectivity index (χ2v) is 7.79. The number of nitrogens with zero attached hydrogens (tertiary/aromatic N) is 6. The molecule has 7 heteroatoms. The van der Waals surface area contributed by atoms with Crippen LogP contribution in [0.15, 0.2) is 48.5 Å². The Kier molecular flexibility index (Phi) is 8.25. The summed E-state index contributed by atoms with van der Waals surface area (Å²) in [6.07, 6.45) is 6.51. The van der Waals surface area contributed by atoms with Gasteiger partial charge in [-0.05, 0) is 34.7 Å². The highest BCUT2D eigenvalue weighted by molar-refractivity contribution is 5.80. The van der Waals surface area contributed by atoms with E-state index in [1.54, 1.807) is 0 Å². The van der Waals surface area contributed by atoms with Gasteiger partial charge in [-0.2, -0.15) is 10.3 Å². The Morgan fingerprint density at radius 2 is 1.59 bits per heavy atom. The quantitative estimate of drug-likeness (QED) is 0.359. The van der Waals surface area contributed by atoms with Gasteiger partial charge in [0.1, 0.15) is 5.82 Å². The molecule has 0 unspecified atom stereocenters. The summed E-state index contributed by atoms with van der Waals surface area (Å²) in [6, 6.07) is 16.7. The van der Waals surface area contributed by atoms with Gasteiger partial charge in [-0.1, -0.05) is 82.6 Å². The first-order chi connectivity index (χ1) is 15.3. The van der Waals surface area contributed by atoms with Gasteiger partial charge in [0, 0.05) is 18.4 Å². The minimum Gasteiger partial charge on any atom is -0.245 e. The smallest absolute Gasteiger partial charge is 0.205 e. The summed E-state index contributed by atoms with van der Waals surface area (Å²) < 4.78 is 2.09. The second kappa shape index (κ2) is 11.3. The number of rotatable bonds is 10. The van der Waals surface area contributed by atoms with Gasteiger partial charge >= 0.3 is 0 Å². The van der Waals surface area contributed by atoms with Crippen LogP contribution in [0.2, 0.25) is 0 Å². The number of tetrazole rings is 1. The Hall–Kier alpha value is -3.35. The number of H-pyrrole nitrogens is 1. The number of aryl methyl sites for hydroxylation is 2. The molecule has 0 bridgehead atoms. The Morgan fingerprint density at radius 1 is 0.875 bits per heavy atom. The van der Waals surface area contributed by atoms with Gasteiger partial charge in [0.25, 0.3) is 0 Å². The predicted octanol–water partition coefficient (Wildman–Crippen LogP) is 5.49. The third-order valence-corrected chi connectivity index (χ3v) is 5.41. The standard InChI is InChI=1S/C24H29N7.CH4/c1-3-5-11-22-25-23(12-6-4-2)31(28-22)17-18-13-15-19(16-14-18)20-9-7-8-10-21(20)24-26-29-30-27-24;/h7-10,13-16H,3-6,11-12,17H2,1-2H3,(H,26,27,29,30);1H4. The number of benzene rings is 2. The molecule has 0 fully saturated rings. The highest BCUT2D eigenvalue weighted by Crippen LogP contribution is 2.29. The molecule has 0 amide bonds. The average molecular weight is 432 g/mol. The summed E-state index contributed by atoms with van der Waals surface area (Å²) in [5.74, 6) is 2.67. The van der Waals surface area contributed by atoms with Crippen molar-refractivity contribution in [2.75, 3.05) is 0 Å². The molecule has 7 nitrogen and oxygen atoms in total. The third-order valence-electron chi connectivity index (χ3n) is 5.41. The van der Waals surface area contributed by atoms with E-state index in [1.807, 2.05) is 18.2 Å². The number of nitrogens with one attached hydrogen (secondary N) is 1. The minimum absolute atomic E-state index is 0. The van der Waals surface area contributed by atoms with Gasteiger partial charge < -0.3 is 0 Å². The molecular weight excluding hydrogens is 398 g/mol. The van der Waals surface area contributed by atoms with E-state index >= 15 is 0 Å². The van der Waals surface area contributed by atoms with Crippen LogP contribution in [0.4, 0.5) is 0 Å². The molecule has 168 valence electrons. The molecule has 4 rings (SSSR count). The van der Waals surface area contributed by atoms with Crippen molar-refractivity contribution in [1.82, 2.24) is 35.4 Å². The fourth-order valence-electron chi connectivity index (χ4n) is 3.68. The summed E-state index contributed by atoms with van der Waals surface area (Å²) in [7, 11) is 0. The molecule has 1 N–H and O–H groups in total. The van der Waals surface area contributed by atoms with Gasteiger partial charge in [-0.3, -0.25) is 0 Å². The van der Waals surface area contributed by atoms with E-state index in [9.17, 15) is 0 Å². The van der Waals surface area contributed by atoms with E-state index in [4.69, 9.17) is 10.1 Å². The largest absolute Gasteiger partial charge is 0.245 e. The van der Waals surface area contributed by atoms with Gasteiger partial charge in [0.15, 0.2) is 5.82 Å². The molecule has 0 aliphatic rings. The van der Waals surface area contributed by atoms with Crippen LogP contribution in [0.1, 0.15) is 64.2 Å². The average Bonchev–Trinajstić information content (AvgIpc) is 3.47. The van der Waals surface area contributed by atoms with E-state index in [1.165, 1.54) is 5.56 Å². The summed E-state index contributed by atoms with van der Waals surface area (Å²) in [4.78, 5) is 4.82. The summed E-state index contributed by atoms with van der Waals surface area (Å²) in [5, 5.41) is 19.3. The molecule has 4 aromatic rings. The van der Waals surface area contributed by atoms with Crippen LogP contribution in [-0.2, 0) is 19.4 Å². The maximum absolute atomic E-state index is 4.82. The minimum atomic E-state index is 0. The monoisotopic (exact) mass is 431 g/mol. The zero-order valence-corrected chi connectivity index (χ0v) is 18.3. The zero-order chi connectivity index (χ0) is 21.5. The van der Waals surface area contributed by atoms with Crippen molar-refractivity contribution in [2.24, 2.45) is 0 Å². The Bertz CT molecular complexity index is 1080. The molecule has 0 aliphatic heterocycles. The van der Waals surface area contributed by atoms with Crippen molar-refractivity contribution >= 4 is 0 Å². The first kappa shape index (κ1) is 23.3. The van der Waals surface area contributed by atoms with Crippen molar-refractivity contribution in [3.05, 3.63) is 65.7 Å². The number of hydrogen-bond donors (Lipinski definition) is 1. The molecule has 2 aromatic carbocycles. The fraction of sp³-hybridized carbons (Fsp3) is 0.400. The van der Waals surface area contributed by atoms with Crippen LogP contribution in [0, 0.1) is 0 Å². The number of aromatic nitrogens is 7. The van der Waals surface area contributed by atoms with Crippen LogP contribution >= 0.6 is 0 Å². The zero-order valence-electron chi connectivity index (χ0n) is 18.3. The fourth-order valence-corrected chi connectivity index (χ4v) is 3.68. The lowest BCUT2D eigenvalue weighted by Crippen LogP contribution is -2.07. The van der Waals surface area contributed by atoms with Gasteiger partial charge in [-0.25, -0.2) is 9.67 Å². The van der Waals surface area contributed by atoms with Gasteiger partial charge in [0.05, 0.1) is 6.54 Å². The van der Waals surface area contributed by atoms with E-state index in [-0.39, 0.29) is 7.43 Å². The number of hydrogen-bond acceptors (Lipinski definition) is 5. The van der Waals surface area contributed by atoms with E-state index in [0.29, 0.717) is 5.82 Å². The van der Waals surface area contributed by atoms with Crippen molar-refractivity contribution in [2.45, 2.75) is 66.3 Å². The number of unbranched alkanes of at least 4 members (excludes halogenated alkanes) is 2. The maximum atomic E-state index is 4.82. The van der Waals surface area contributed by atoms with Crippen molar-refractivity contribution < 1.29 is 0 Å².